The van der Waals surface area contributed by atoms with E-state index in [-0.39, 0.29) is 0 Å². The van der Waals surface area contributed by atoms with E-state index in [1.165, 1.54) is 77.3 Å². The van der Waals surface area contributed by atoms with E-state index in [1.54, 1.807) is 0 Å². The second-order valence-corrected chi connectivity index (χ2v) is 5.39. The zero-order chi connectivity index (χ0) is 11.6. The Bertz CT molecular complexity index is 126. The van der Waals surface area contributed by atoms with Crippen LogP contribution in [0.3, 0.4) is 0 Å². The molecule has 0 bridgehead atoms. The molecule has 0 spiro atoms. The maximum Gasteiger partial charge on any atom is 0.00952 e. The molecule has 0 aromatic rings. The molecule has 0 atom stereocenters. The fourth-order valence-corrected chi connectivity index (χ4v) is 2.73. The van der Waals surface area contributed by atoms with Gasteiger partial charge in [-0.25, -0.2) is 0 Å². The molecule has 0 radical (unpaired) electrons. The summed E-state index contributed by atoms with van der Waals surface area (Å²) in [6.45, 7) is 7.15. The van der Waals surface area contributed by atoms with E-state index in [0.717, 1.165) is 6.04 Å². The Hall–Kier alpha value is -0.0400. The molecule has 0 unspecified atom stereocenters. The summed E-state index contributed by atoms with van der Waals surface area (Å²) < 4.78 is 0. The summed E-state index contributed by atoms with van der Waals surface area (Å²) in [5.41, 5.74) is 0. The van der Waals surface area contributed by atoms with Gasteiger partial charge in [-0.1, -0.05) is 52.4 Å². The van der Waals surface area contributed by atoms with Crippen molar-refractivity contribution in [3.8, 4) is 0 Å². The molecule has 1 saturated carbocycles. The molecule has 0 N–H and O–H groups in total. The first-order chi connectivity index (χ1) is 7.88. The lowest BCUT2D eigenvalue weighted by atomic mass is 9.93. The summed E-state index contributed by atoms with van der Waals surface area (Å²) in [5.74, 6) is 0. The number of unbranched alkanes of at least 4 members (excludes halogenated alkanes) is 1. The van der Waals surface area contributed by atoms with Crippen molar-refractivity contribution in [1.29, 1.82) is 0 Å². The Labute approximate surface area is 103 Å². The van der Waals surface area contributed by atoms with E-state index in [0.29, 0.717) is 0 Å². The van der Waals surface area contributed by atoms with Crippen LogP contribution in [0, 0.1) is 0 Å². The molecule has 1 heteroatoms. The lowest BCUT2D eigenvalue weighted by Gasteiger charge is -2.36. The average molecular weight is 225 g/mol. The highest BCUT2D eigenvalue weighted by molar-refractivity contribution is 4.77. The van der Waals surface area contributed by atoms with Crippen molar-refractivity contribution < 1.29 is 0 Å². The van der Waals surface area contributed by atoms with Crippen molar-refractivity contribution >= 4 is 0 Å². The number of nitrogens with zero attached hydrogens (tertiary/aromatic N) is 1. The number of likely N-dealkylation sites (tertiary alicyclic amines) is 1. The Kier molecular flexibility index (Phi) is 7.92. The van der Waals surface area contributed by atoms with Crippen molar-refractivity contribution in [2.24, 2.45) is 0 Å². The molecule has 2 aliphatic rings. The highest BCUT2D eigenvalue weighted by Crippen LogP contribution is 2.24. The minimum Gasteiger partial charge on any atom is -0.300 e. The van der Waals surface area contributed by atoms with Crippen LogP contribution >= 0.6 is 0 Å². The summed E-state index contributed by atoms with van der Waals surface area (Å²) in [4.78, 5) is 2.75. The molecular weight excluding hydrogens is 194 g/mol. The molecule has 0 aromatic heterocycles. The van der Waals surface area contributed by atoms with Gasteiger partial charge in [0.2, 0.25) is 0 Å². The van der Waals surface area contributed by atoms with Crippen LogP contribution in [0.4, 0.5) is 0 Å². The fourth-order valence-electron chi connectivity index (χ4n) is 2.73. The van der Waals surface area contributed by atoms with Crippen LogP contribution in [0.5, 0.6) is 0 Å². The van der Waals surface area contributed by atoms with Gasteiger partial charge in [0, 0.05) is 6.04 Å². The summed E-state index contributed by atoms with van der Waals surface area (Å²) >= 11 is 0. The minimum absolute atomic E-state index is 0.971. The van der Waals surface area contributed by atoms with Crippen molar-refractivity contribution in [3.05, 3.63) is 0 Å². The lowest BCUT2D eigenvalue weighted by molar-refractivity contribution is 0.131. The molecule has 1 aliphatic carbocycles. The van der Waals surface area contributed by atoms with E-state index in [9.17, 15) is 0 Å². The third kappa shape index (κ3) is 5.34. The van der Waals surface area contributed by atoms with Gasteiger partial charge < -0.3 is 4.90 Å². The second-order valence-electron chi connectivity index (χ2n) is 5.39. The van der Waals surface area contributed by atoms with Gasteiger partial charge in [-0.3, -0.25) is 0 Å². The smallest absolute Gasteiger partial charge is 0.00952 e. The quantitative estimate of drug-likeness (QED) is 0.663. The van der Waals surface area contributed by atoms with Crippen LogP contribution in [0.1, 0.15) is 78.1 Å². The Morgan fingerprint density at radius 1 is 0.750 bits per heavy atom. The third-order valence-electron chi connectivity index (χ3n) is 3.98. The number of piperidine rings is 1. The molecule has 1 heterocycles. The van der Waals surface area contributed by atoms with E-state index >= 15 is 0 Å². The number of hydrogen-bond acceptors (Lipinski definition) is 1. The Morgan fingerprint density at radius 2 is 1.25 bits per heavy atom. The summed E-state index contributed by atoms with van der Waals surface area (Å²) in [7, 11) is 0. The molecular formula is C15H31N. The summed E-state index contributed by atoms with van der Waals surface area (Å²) in [6, 6.07) is 0.971. The molecule has 1 aliphatic heterocycles. The maximum absolute atomic E-state index is 2.75. The molecule has 2 fully saturated rings. The second kappa shape index (κ2) is 9.04. The molecule has 1 saturated heterocycles. The topological polar surface area (TPSA) is 3.24 Å². The molecule has 2 rings (SSSR count). The summed E-state index contributed by atoms with van der Waals surface area (Å²) in [6.07, 6.45) is 14.5. The average Bonchev–Trinajstić information content (AvgIpc) is 2.41. The zero-order valence-electron chi connectivity index (χ0n) is 11.5. The van der Waals surface area contributed by atoms with Gasteiger partial charge >= 0.3 is 0 Å². The van der Waals surface area contributed by atoms with Gasteiger partial charge in [-0.05, 0) is 38.8 Å². The van der Waals surface area contributed by atoms with Crippen molar-refractivity contribution in [3.63, 3.8) is 0 Å². The molecule has 0 aromatic carbocycles. The number of hydrogen-bond donors (Lipinski definition) is 0. The predicted molar refractivity (Wildman–Crippen MR) is 72.9 cm³/mol. The van der Waals surface area contributed by atoms with Gasteiger partial charge in [0.1, 0.15) is 0 Å². The molecule has 96 valence electrons. The van der Waals surface area contributed by atoms with Gasteiger partial charge in [-0.15, -0.1) is 0 Å². The fraction of sp³-hybridized carbons (Fsp3) is 1.00. The van der Waals surface area contributed by atoms with Crippen molar-refractivity contribution in [2.45, 2.75) is 84.1 Å². The largest absolute Gasteiger partial charge is 0.300 e. The first-order valence-corrected chi connectivity index (χ1v) is 7.62. The molecule has 0 amide bonds. The minimum atomic E-state index is 0.971. The predicted octanol–water partition coefficient (Wildman–Crippen LogP) is 4.61. The van der Waals surface area contributed by atoms with Crippen LogP contribution in [0.2, 0.25) is 0 Å². The van der Waals surface area contributed by atoms with Crippen LogP contribution in [-0.4, -0.2) is 24.0 Å². The Balaban J connectivity index is 0.000000280. The van der Waals surface area contributed by atoms with Crippen LogP contribution < -0.4 is 0 Å². The van der Waals surface area contributed by atoms with E-state index in [4.69, 9.17) is 0 Å². The number of rotatable bonds is 2. The normalized spacial score (nSPS) is 23.6. The van der Waals surface area contributed by atoms with Crippen molar-refractivity contribution in [1.82, 2.24) is 4.90 Å². The third-order valence-corrected chi connectivity index (χ3v) is 3.98. The van der Waals surface area contributed by atoms with E-state index in [1.807, 2.05) is 0 Å². The maximum atomic E-state index is 2.75. The standard InChI is InChI=1S/C11H21N.C4H10/c1-3-7-11(8-4-1)12-9-5-2-6-10-12;1-3-4-2/h11H,1-10H2;3-4H2,1-2H3. The highest BCUT2D eigenvalue weighted by atomic mass is 15.2. The van der Waals surface area contributed by atoms with Gasteiger partial charge in [0.15, 0.2) is 0 Å². The molecule has 1 nitrogen and oxygen atoms in total. The van der Waals surface area contributed by atoms with Crippen LogP contribution in [0.15, 0.2) is 0 Å². The van der Waals surface area contributed by atoms with Crippen LogP contribution in [-0.2, 0) is 0 Å². The van der Waals surface area contributed by atoms with Gasteiger partial charge in [0.05, 0.1) is 0 Å². The summed E-state index contributed by atoms with van der Waals surface area (Å²) in [5, 5.41) is 0. The van der Waals surface area contributed by atoms with Gasteiger partial charge in [0.25, 0.3) is 0 Å². The SMILES string of the molecule is C1CCC(N2CCCCC2)CC1.CCCC. The highest BCUT2D eigenvalue weighted by Gasteiger charge is 2.21. The van der Waals surface area contributed by atoms with E-state index < -0.39 is 0 Å². The monoisotopic (exact) mass is 225 g/mol. The molecule has 16 heavy (non-hydrogen) atoms. The van der Waals surface area contributed by atoms with Gasteiger partial charge in [-0.2, -0.15) is 0 Å². The zero-order valence-corrected chi connectivity index (χ0v) is 11.5. The van der Waals surface area contributed by atoms with E-state index in [2.05, 4.69) is 18.7 Å². The lowest BCUT2D eigenvalue weighted by Crippen LogP contribution is -2.40. The van der Waals surface area contributed by atoms with Crippen molar-refractivity contribution in [2.75, 3.05) is 13.1 Å². The first kappa shape index (κ1) is 14.0. The van der Waals surface area contributed by atoms with Crippen LogP contribution in [0.25, 0.3) is 0 Å². The first-order valence-electron chi connectivity index (χ1n) is 7.62. The Morgan fingerprint density at radius 3 is 1.75 bits per heavy atom.